The fourth-order valence-electron chi connectivity index (χ4n) is 3.46. The van der Waals surface area contributed by atoms with Crippen molar-refractivity contribution in [1.82, 2.24) is 25.5 Å². The Bertz CT molecular complexity index is 1250. The van der Waals surface area contributed by atoms with Crippen LogP contribution in [0.1, 0.15) is 26.4 Å². The van der Waals surface area contributed by atoms with Gasteiger partial charge in [0.1, 0.15) is 17.4 Å². The number of ether oxygens (including phenoxy) is 1. The first-order chi connectivity index (χ1) is 15.0. The maximum Gasteiger partial charge on any atom is 0.328 e. The van der Waals surface area contributed by atoms with Crippen molar-refractivity contribution in [3.05, 3.63) is 70.4 Å². The number of rotatable bonds is 6. The van der Waals surface area contributed by atoms with E-state index in [0.29, 0.717) is 17.0 Å². The predicted octanol–water partition coefficient (Wildman–Crippen LogP) is 3.01. The number of carbonyl (C=O) groups is 2. The lowest BCUT2D eigenvalue weighted by Crippen LogP contribution is -2.43. The van der Waals surface area contributed by atoms with Gasteiger partial charge >= 0.3 is 5.97 Å². The summed E-state index contributed by atoms with van der Waals surface area (Å²) in [5.41, 5.74) is 2.19. The van der Waals surface area contributed by atoms with E-state index in [1.807, 2.05) is 56.3 Å². The van der Waals surface area contributed by atoms with Crippen molar-refractivity contribution in [2.75, 3.05) is 7.11 Å². The molecule has 0 aliphatic rings. The number of nitrogens with one attached hydrogen (secondary N) is 1. The number of benzene rings is 2. The number of methoxy groups -OCH3 is 1. The molecular weight excluding hydrogens is 414 g/mol. The Hall–Kier alpha value is -3.59. The highest BCUT2D eigenvalue weighted by molar-refractivity contribution is 7.15. The molecule has 1 N–H and O–H groups in total. The van der Waals surface area contributed by atoms with Crippen LogP contribution < -0.4 is 5.32 Å². The summed E-state index contributed by atoms with van der Waals surface area (Å²) < 4.78 is 6.41. The smallest absolute Gasteiger partial charge is 0.328 e. The lowest BCUT2D eigenvalue weighted by Gasteiger charge is -2.17. The van der Waals surface area contributed by atoms with Crippen LogP contribution in [-0.4, -0.2) is 45.2 Å². The van der Waals surface area contributed by atoms with Gasteiger partial charge in [0.05, 0.1) is 12.7 Å². The maximum atomic E-state index is 13.2. The lowest BCUT2D eigenvalue weighted by molar-refractivity contribution is -0.142. The number of aryl methyl sites for hydroxylation is 1. The van der Waals surface area contributed by atoms with E-state index in [0.717, 1.165) is 26.8 Å². The van der Waals surface area contributed by atoms with E-state index < -0.39 is 12.0 Å². The monoisotopic (exact) mass is 435 g/mol. The molecule has 2 aromatic heterocycles. The van der Waals surface area contributed by atoms with E-state index in [2.05, 4.69) is 20.8 Å². The highest BCUT2D eigenvalue weighted by Crippen LogP contribution is 2.30. The van der Waals surface area contributed by atoms with Crippen LogP contribution in [0.25, 0.3) is 15.8 Å². The SMILES string of the molecule is COC(=O)[C@H](Cc1ccc2ccccc2c1)NC(=O)c1c(-n2cnnn2)sc(C)c1C. The minimum absolute atomic E-state index is 0.311. The molecule has 4 rings (SSSR count). The van der Waals surface area contributed by atoms with Crippen LogP contribution in [0.15, 0.2) is 48.8 Å². The van der Waals surface area contributed by atoms with Crippen LogP contribution in [0, 0.1) is 13.8 Å². The van der Waals surface area contributed by atoms with Crippen molar-refractivity contribution in [1.29, 1.82) is 0 Å². The number of esters is 1. The Labute approximate surface area is 182 Å². The van der Waals surface area contributed by atoms with Gasteiger partial charge in [-0.2, -0.15) is 4.68 Å². The van der Waals surface area contributed by atoms with Gasteiger partial charge in [-0.05, 0) is 46.2 Å². The number of hydrogen-bond acceptors (Lipinski definition) is 7. The largest absolute Gasteiger partial charge is 0.467 e. The summed E-state index contributed by atoms with van der Waals surface area (Å²) in [5.74, 6) is -0.876. The molecule has 158 valence electrons. The van der Waals surface area contributed by atoms with Crippen molar-refractivity contribution in [3.8, 4) is 5.00 Å². The molecule has 31 heavy (non-hydrogen) atoms. The molecule has 2 heterocycles. The molecular formula is C22H21N5O3S. The third-order valence-corrected chi connectivity index (χ3v) is 6.39. The molecule has 0 aliphatic carbocycles. The minimum atomic E-state index is -0.833. The molecule has 9 heteroatoms. The first-order valence-corrected chi connectivity index (χ1v) is 10.5. The minimum Gasteiger partial charge on any atom is -0.467 e. The molecule has 0 fully saturated rings. The summed E-state index contributed by atoms with van der Waals surface area (Å²) in [4.78, 5) is 26.7. The highest BCUT2D eigenvalue weighted by Gasteiger charge is 2.27. The summed E-state index contributed by atoms with van der Waals surface area (Å²) in [7, 11) is 1.31. The number of fused-ring (bicyclic) bond motifs is 1. The molecule has 0 aliphatic heterocycles. The number of carbonyl (C=O) groups excluding carboxylic acids is 2. The van der Waals surface area contributed by atoms with Crippen LogP contribution in [0.3, 0.4) is 0 Å². The lowest BCUT2D eigenvalue weighted by atomic mass is 10.0. The summed E-state index contributed by atoms with van der Waals surface area (Å²) in [6.45, 7) is 3.79. The average molecular weight is 436 g/mol. The molecule has 0 unspecified atom stereocenters. The normalized spacial score (nSPS) is 12.0. The Balaban J connectivity index is 1.63. The molecule has 4 aromatic rings. The summed E-state index contributed by atoms with van der Waals surface area (Å²) in [5, 5.41) is 16.8. The zero-order chi connectivity index (χ0) is 22.0. The number of hydrogen-bond donors (Lipinski definition) is 1. The molecule has 0 saturated heterocycles. The van der Waals surface area contributed by atoms with Gasteiger partial charge in [0.15, 0.2) is 0 Å². The predicted molar refractivity (Wildman–Crippen MR) is 117 cm³/mol. The van der Waals surface area contributed by atoms with Crippen molar-refractivity contribution in [2.24, 2.45) is 0 Å². The van der Waals surface area contributed by atoms with Crippen molar-refractivity contribution in [2.45, 2.75) is 26.3 Å². The Morgan fingerprint density at radius 3 is 2.65 bits per heavy atom. The fraction of sp³-hybridized carbons (Fsp3) is 0.227. The average Bonchev–Trinajstić information content (AvgIpc) is 3.41. The highest BCUT2D eigenvalue weighted by atomic mass is 32.1. The number of amides is 1. The number of nitrogens with zero attached hydrogens (tertiary/aromatic N) is 4. The zero-order valence-corrected chi connectivity index (χ0v) is 18.1. The van der Waals surface area contributed by atoms with Gasteiger partial charge in [0, 0.05) is 11.3 Å². The quantitative estimate of drug-likeness (QED) is 0.468. The Kier molecular flexibility index (Phi) is 5.77. The van der Waals surface area contributed by atoms with E-state index in [9.17, 15) is 9.59 Å². The molecule has 0 spiro atoms. The van der Waals surface area contributed by atoms with Gasteiger partial charge in [-0.25, -0.2) is 4.79 Å². The Morgan fingerprint density at radius 1 is 1.16 bits per heavy atom. The molecule has 0 radical (unpaired) electrons. The van der Waals surface area contributed by atoms with Gasteiger partial charge in [0.2, 0.25) is 0 Å². The van der Waals surface area contributed by atoms with E-state index in [-0.39, 0.29) is 5.91 Å². The van der Waals surface area contributed by atoms with Crippen molar-refractivity contribution < 1.29 is 14.3 Å². The molecule has 0 bridgehead atoms. The third-order valence-electron chi connectivity index (χ3n) is 5.20. The first kappa shape index (κ1) is 20.7. The molecule has 0 saturated carbocycles. The first-order valence-electron chi connectivity index (χ1n) is 9.67. The van der Waals surface area contributed by atoms with Gasteiger partial charge in [-0.15, -0.1) is 16.4 Å². The molecule has 2 aromatic carbocycles. The van der Waals surface area contributed by atoms with E-state index in [4.69, 9.17) is 4.74 Å². The van der Waals surface area contributed by atoms with Gasteiger partial charge in [0.25, 0.3) is 5.91 Å². The standard InChI is InChI=1S/C22H21N5O3S/c1-13-14(2)31-21(27-12-23-25-26-27)19(13)20(28)24-18(22(29)30-3)11-15-8-9-16-6-4-5-7-17(16)10-15/h4-10,12,18H,11H2,1-3H3,(H,24,28)/t18-/m0/s1. The summed E-state index contributed by atoms with van der Waals surface area (Å²) in [6.07, 6.45) is 1.75. The van der Waals surface area contributed by atoms with Gasteiger partial charge < -0.3 is 10.1 Å². The molecule has 1 atom stereocenters. The second-order valence-corrected chi connectivity index (χ2v) is 8.36. The molecule has 8 nitrogen and oxygen atoms in total. The number of thiophene rings is 1. The van der Waals surface area contributed by atoms with E-state index >= 15 is 0 Å². The van der Waals surface area contributed by atoms with Crippen molar-refractivity contribution in [3.63, 3.8) is 0 Å². The van der Waals surface area contributed by atoms with Crippen LogP contribution in [-0.2, 0) is 16.0 Å². The van der Waals surface area contributed by atoms with E-state index in [1.54, 1.807) is 0 Å². The summed E-state index contributed by atoms with van der Waals surface area (Å²) >= 11 is 1.42. The van der Waals surface area contributed by atoms with E-state index in [1.165, 1.54) is 29.5 Å². The maximum absolute atomic E-state index is 13.2. The zero-order valence-electron chi connectivity index (χ0n) is 17.3. The molecule has 1 amide bonds. The third kappa shape index (κ3) is 4.17. The topological polar surface area (TPSA) is 99.0 Å². The van der Waals surface area contributed by atoms with Crippen LogP contribution >= 0.6 is 11.3 Å². The fourth-order valence-corrected chi connectivity index (χ4v) is 4.53. The van der Waals surface area contributed by atoms with Gasteiger partial charge in [-0.1, -0.05) is 42.5 Å². The van der Waals surface area contributed by atoms with Gasteiger partial charge in [-0.3, -0.25) is 4.79 Å². The number of tetrazole rings is 1. The van der Waals surface area contributed by atoms with Crippen LogP contribution in [0.2, 0.25) is 0 Å². The second kappa shape index (κ2) is 8.65. The summed E-state index contributed by atoms with van der Waals surface area (Å²) in [6, 6.07) is 13.1. The Morgan fingerprint density at radius 2 is 1.94 bits per heavy atom. The van der Waals surface area contributed by atoms with Crippen LogP contribution in [0.5, 0.6) is 0 Å². The second-order valence-electron chi connectivity index (χ2n) is 7.15. The van der Waals surface area contributed by atoms with Crippen LogP contribution in [0.4, 0.5) is 0 Å². The number of aromatic nitrogens is 4. The van der Waals surface area contributed by atoms with Crippen molar-refractivity contribution >= 4 is 34.0 Å².